The average Bonchev–Trinajstić information content (AvgIpc) is 3.82. The van der Waals surface area contributed by atoms with Crippen LogP contribution in [0.25, 0.3) is 33.6 Å². The molecule has 4 heterocycles. The Bertz CT molecular complexity index is 2280. The minimum Gasteiger partial charge on any atom is -0.481 e. The molecule has 4 aromatic rings. The fraction of sp³-hybridized carbons (Fsp3) is 0.409. The molecule has 7 rings (SSSR count). The van der Waals surface area contributed by atoms with Gasteiger partial charge >= 0.3 is 12.2 Å². The van der Waals surface area contributed by atoms with Crippen LogP contribution in [0.4, 0.5) is 9.59 Å². The minimum absolute atomic E-state index is 0.0427. The summed E-state index contributed by atoms with van der Waals surface area (Å²) in [7, 11) is 1.52. The predicted molar refractivity (Wildman–Crippen MR) is 224 cm³/mol. The molecule has 2 aliphatic heterocycles. The number of methoxy groups -OCH3 is 1. The van der Waals surface area contributed by atoms with E-state index in [-0.39, 0.29) is 49.6 Å². The van der Waals surface area contributed by atoms with Crippen LogP contribution in [-0.2, 0) is 27.3 Å². The van der Waals surface area contributed by atoms with Crippen molar-refractivity contribution in [1.82, 2.24) is 30.4 Å². The summed E-state index contributed by atoms with van der Waals surface area (Å²) in [6.07, 6.45) is 2.65. The predicted octanol–water partition coefficient (Wildman–Crippen LogP) is 8.44. The summed E-state index contributed by atoms with van der Waals surface area (Å²) >= 11 is 14.4. The van der Waals surface area contributed by atoms with Crippen molar-refractivity contribution >= 4 is 47.2 Å². The molecule has 2 aromatic carbocycles. The maximum Gasteiger partial charge on any atom is 0.410 e. The van der Waals surface area contributed by atoms with Crippen molar-refractivity contribution in [2.24, 2.45) is 0 Å². The average molecular weight is 844 g/mol. The van der Waals surface area contributed by atoms with E-state index in [1.807, 2.05) is 60.7 Å². The minimum atomic E-state index is -1.02. The quantitative estimate of drug-likeness (QED) is 0.135. The van der Waals surface area contributed by atoms with Crippen molar-refractivity contribution in [1.29, 1.82) is 0 Å². The molecule has 1 aliphatic carbocycles. The number of fused-ring (bicyclic) bond motifs is 1. The highest BCUT2D eigenvalue weighted by molar-refractivity contribution is 6.39. The molecule has 3 N–H and O–H groups in total. The monoisotopic (exact) mass is 842 g/mol. The van der Waals surface area contributed by atoms with E-state index in [9.17, 15) is 24.3 Å². The normalized spacial score (nSPS) is 18.8. The van der Waals surface area contributed by atoms with Gasteiger partial charge in [0, 0.05) is 71.5 Å². The van der Waals surface area contributed by atoms with Crippen molar-refractivity contribution in [2.75, 3.05) is 20.2 Å². The first kappa shape index (κ1) is 41.7. The van der Waals surface area contributed by atoms with Crippen LogP contribution in [0.15, 0.2) is 60.7 Å². The first-order valence-corrected chi connectivity index (χ1v) is 20.6. The highest BCUT2D eigenvalue weighted by Crippen LogP contribution is 2.43. The maximum atomic E-state index is 13.3. The van der Waals surface area contributed by atoms with E-state index in [0.717, 1.165) is 17.7 Å². The Morgan fingerprint density at radius 3 is 1.93 bits per heavy atom. The fourth-order valence-electron chi connectivity index (χ4n) is 8.11. The molecular weight excluding hydrogens is 795 g/mol. The van der Waals surface area contributed by atoms with Crippen molar-refractivity contribution in [3.8, 4) is 39.5 Å². The number of pyridine rings is 2. The number of amides is 4. The van der Waals surface area contributed by atoms with Gasteiger partial charge in [-0.1, -0.05) is 65.7 Å². The summed E-state index contributed by atoms with van der Waals surface area (Å²) in [5.74, 6) is 0.215. The van der Waals surface area contributed by atoms with Gasteiger partial charge in [0.25, 0.3) is 0 Å². The van der Waals surface area contributed by atoms with Gasteiger partial charge in [-0.2, -0.15) is 0 Å². The molecule has 0 bridgehead atoms. The molecule has 4 amide bonds. The molecule has 0 spiro atoms. The molecule has 3 atom stereocenters. The van der Waals surface area contributed by atoms with E-state index in [1.165, 1.54) is 12.0 Å². The van der Waals surface area contributed by atoms with Crippen molar-refractivity contribution in [2.45, 2.75) is 96.0 Å². The third-order valence-electron chi connectivity index (χ3n) is 10.9. The summed E-state index contributed by atoms with van der Waals surface area (Å²) in [5, 5.41) is 16.9. The maximum absolute atomic E-state index is 13.3. The number of aromatic nitrogens is 2. The van der Waals surface area contributed by atoms with Crippen LogP contribution < -0.4 is 15.4 Å². The van der Waals surface area contributed by atoms with Crippen LogP contribution in [0.5, 0.6) is 5.88 Å². The largest absolute Gasteiger partial charge is 0.481 e. The number of ether oxygens (including phenoxy) is 2. The van der Waals surface area contributed by atoms with Gasteiger partial charge in [-0.3, -0.25) is 19.5 Å². The van der Waals surface area contributed by atoms with Gasteiger partial charge in [0.15, 0.2) is 0 Å². The SMILES string of the molecule is COc1nc(-c2cccc(-c3cccc(-c4ccc5c(n4)CCC[C@H]5N(C[C@@H]4CCC(=O)N4)C(=O)O)c3Cl)c2Cl)ccc1CN(C[C@@H]1CCC(=O)N1)C(=O)OC(C)(C)C. The third kappa shape index (κ3) is 9.42. The van der Waals surface area contributed by atoms with Crippen molar-refractivity contribution < 1.29 is 33.8 Å². The standard InChI is InChI=1S/C44H48Cl2N6O7/c1-44(2,3)59-43(57)51(23-26-15-20-37(53)47-26)22-25-14-18-35(50-41(25)58-4)32-11-6-9-29(40(32)46)28-8-5-10-31(39(28)45)34-19-17-30-33(49-34)12-7-13-36(30)52(42(55)56)24-27-16-21-38(54)48-27/h5-6,8-11,14,17-19,26-27,36H,7,12-13,15-16,20-24H2,1-4H3,(H,47,53)(H,48,54)(H,55,56)/t26-,27-,36+/m0/s1. The number of nitrogens with one attached hydrogen (secondary N) is 2. The summed E-state index contributed by atoms with van der Waals surface area (Å²) in [5.41, 5.74) is 5.56. The molecule has 0 unspecified atom stereocenters. The van der Waals surface area contributed by atoms with Crippen LogP contribution in [0, 0.1) is 0 Å². The summed E-state index contributed by atoms with van der Waals surface area (Å²) in [6, 6.07) is 18.1. The van der Waals surface area contributed by atoms with Crippen LogP contribution in [0.3, 0.4) is 0 Å². The number of benzene rings is 2. The lowest BCUT2D eigenvalue weighted by atomic mass is 9.89. The van der Waals surface area contributed by atoms with Crippen LogP contribution in [0.1, 0.15) is 82.2 Å². The number of hydrogen-bond donors (Lipinski definition) is 3. The third-order valence-corrected chi connectivity index (χ3v) is 11.7. The number of aryl methyl sites for hydroxylation is 1. The zero-order valence-electron chi connectivity index (χ0n) is 33.5. The summed E-state index contributed by atoms with van der Waals surface area (Å²) in [6.45, 7) is 6.05. The molecule has 13 nitrogen and oxygen atoms in total. The van der Waals surface area contributed by atoms with E-state index in [1.54, 1.807) is 25.7 Å². The first-order chi connectivity index (χ1) is 28.2. The van der Waals surface area contributed by atoms with E-state index in [4.69, 9.17) is 42.6 Å². The number of carbonyl (C=O) groups is 4. The van der Waals surface area contributed by atoms with Crippen LogP contribution in [-0.4, -0.2) is 86.8 Å². The Balaban J connectivity index is 1.15. The second-order valence-corrected chi connectivity index (χ2v) is 17.0. The molecule has 59 heavy (non-hydrogen) atoms. The first-order valence-electron chi connectivity index (χ1n) is 19.9. The Hall–Kier alpha value is -5.40. The lowest BCUT2D eigenvalue weighted by Crippen LogP contribution is -2.44. The van der Waals surface area contributed by atoms with E-state index in [2.05, 4.69) is 10.6 Å². The topological polar surface area (TPSA) is 163 Å². The van der Waals surface area contributed by atoms with Gasteiger partial charge in [0.05, 0.1) is 41.1 Å². The van der Waals surface area contributed by atoms with Crippen molar-refractivity contribution in [3.63, 3.8) is 0 Å². The molecular formula is C44H48Cl2N6O7. The Kier molecular flexibility index (Phi) is 12.3. The zero-order chi connectivity index (χ0) is 42.0. The fourth-order valence-corrected chi connectivity index (χ4v) is 8.76. The zero-order valence-corrected chi connectivity index (χ0v) is 35.0. The number of nitrogens with zero attached hydrogens (tertiary/aromatic N) is 4. The Labute approximate surface area is 353 Å². The number of hydrogen-bond acceptors (Lipinski definition) is 8. The lowest BCUT2D eigenvalue weighted by Gasteiger charge is -2.35. The van der Waals surface area contributed by atoms with Gasteiger partial charge in [0.2, 0.25) is 17.7 Å². The number of rotatable bonds is 11. The number of carbonyl (C=O) groups excluding carboxylic acids is 3. The number of carboxylic acid groups (broad SMARTS) is 1. The molecule has 2 saturated heterocycles. The van der Waals surface area contributed by atoms with E-state index in [0.29, 0.717) is 93.7 Å². The molecule has 310 valence electrons. The second kappa shape index (κ2) is 17.4. The second-order valence-electron chi connectivity index (χ2n) is 16.2. The Morgan fingerprint density at radius 1 is 0.797 bits per heavy atom. The molecule has 2 fully saturated rings. The van der Waals surface area contributed by atoms with Crippen molar-refractivity contribution in [3.05, 3.63) is 87.5 Å². The van der Waals surface area contributed by atoms with Gasteiger partial charge < -0.3 is 30.1 Å². The van der Waals surface area contributed by atoms with Crippen LogP contribution in [0.2, 0.25) is 10.0 Å². The van der Waals surface area contributed by atoms with E-state index < -0.39 is 17.8 Å². The summed E-state index contributed by atoms with van der Waals surface area (Å²) < 4.78 is 11.5. The van der Waals surface area contributed by atoms with Gasteiger partial charge in [-0.25, -0.2) is 14.6 Å². The van der Waals surface area contributed by atoms with E-state index >= 15 is 0 Å². The smallest absolute Gasteiger partial charge is 0.410 e. The summed E-state index contributed by atoms with van der Waals surface area (Å²) in [4.78, 5) is 62.4. The molecule has 15 heteroatoms. The lowest BCUT2D eigenvalue weighted by molar-refractivity contribution is -0.120. The highest BCUT2D eigenvalue weighted by atomic mass is 35.5. The number of halogens is 2. The van der Waals surface area contributed by atoms with Gasteiger partial charge in [-0.05, 0) is 76.6 Å². The highest BCUT2D eigenvalue weighted by Gasteiger charge is 2.34. The van der Waals surface area contributed by atoms with Gasteiger partial charge in [-0.15, -0.1) is 0 Å². The van der Waals surface area contributed by atoms with Crippen LogP contribution >= 0.6 is 23.2 Å². The molecule has 0 saturated carbocycles. The molecule has 2 aromatic heterocycles. The Morgan fingerprint density at radius 2 is 1.37 bits per heavy atom. The molecule has 0 radical (unpaired) electrons. The molecule has 3 aliphatic rings. The van der Waals surface area contributed by atoms with Gasteiger partial charge in [0.1, 0.15) is 5.60 Å².